The normalized spacial score (nSPS) is 29.9. The number of unbranched alkanes of at least 4 members (excludes halogenated alkanes) is 1. The van der Waals surface area contributed by atoms with Crippen molar-refractivity contribution >= 4 is 5.78 Å². The number of hydrogen-bond acceptors (Lipinski definition) is 2. The Morgan fingerprint density at radius 2 is 2.05 bits per heavy atom. The standard InChI is InChI=1S/C18H20O2/c1-3-5-11-15(19)16-14(8-4-2)17-12-9-6-7-10-13(12)18(16)20-17/h6-10,14,16-18H,2-3,5,11H2,1H3/t14-,16-,17+,18-/m1/s1. The van der Waals surface area contributed by atoms with E-state index in [2.05, 4.69) is 31.4 Å². The summed E-state index contributed by atoms with van der Waals surface area (Å²) in [6, 6.07) is 8.25. The molecule has 2 heteroatoms. The lowest BCUT2D eigenvalue weighted by molar-refractivity contribution is -0.125. The maximum atomic E-state index is 12.5. The average molecular weight is 268 g/mol. The molecular weight excluding hydrogens is 248 g/mol. The first kappa shape index (κ1) is 13.4. The van der Waals surface area contributed by atoms with Crippen molar-refractivity contribution in [3.05, 3.63) is 53.8 Å². The van der Waals surface area contributed by atoms with Gasteiger partial charge in [-0.15, -0.1) is 5.73 Å². The lowest BCUT2D eigenvalue weighted by Gasteiger charge is -2.26. The zero-order chi connectivity index (χ0) is 14.1. The fourth-order valence-corrected chi connectivity index (χ4v) is 3.53. The first-order chi connectivity index (χ1) is 9.77. The molecule has 2 aliphatic rings. The molecule has 3 rings (SSSR count). The molecule has 104 valence electrons. The van der Waals surface area contributed by atoms with Gasteiger partial charge in [-0.2, -0.15) is 0 Å². The fraction of sp³-hybridized carbons (Fsp3) is 0.444. The van der Waals surface area contributed by atoms with Crippen LogP contribution < -0.4 is 0 Å². The van der Waals surface area contributed by atoms with E-state index in [0.29, 0.717) is 12.2 Å². The molecule has 1 aromatic carbocycles. The number of fused-ring (bicyclic) bond motifs is 5. The zero-order valence-electron chi connectivity index (χ0n) is 11.8. The summed E-state index contributed by atoms with van der Waals surface area (Å²) < 4.78 is 6.10. The molecule has 2 aliphatic heterocycles. The smallest absolute Gasteiger partial charge is 0.139 e. The van der Waals surface area contributed by atoms with E-state index in [4.69, 9.17) is 4.74 Å². The van der Waals surface area contributed by atoms with Gasteiger partial charge in [0.2, 0.25) is 0 Å². The highest BCUT2D eigenvalue weighted by Gasteiger charge is 2.53. The molecule has 0 aromatic heterocycles. The number of rotatable bonds is 5. The Bertz CT molecular complexity index is 569. The minimum absolute atomic E-state index is 0.000950. The summed E-state index contributed by atoms with van der Waals surface area (Å²) in [5.74, 6) is 0.359. The van der Waals surface area contributed by atoms with Crippen LogP contribution in [0.3, 0.4) is 0 Å². The van der Waals surface area contributed by atoms with E-state index in [1.165, 1.54) is 11.1 Å². The number of carbonyl (C=O) groups is 1. The molecule has 4 atom stereocenters. The third-order valence-electron chi connectivity index (χ3n) is 4.45. The van der Waals surface area contributed by atoms with Gasteiger partial charge in [-0.05, 0) is 23.6 Å². The second-order valence-electron chi connectivity index (χ2n) is 5.65. The summed E-state index contributed by atoms with van der Waals surface area (Å²) in [6.45, 7) is 5.78. The second-order valence-corrected chi connectivity index (χ2v) is 5.65. The summed E-state index contributed by atoms with van der Waals surface area (Å²) in [6.07, 6.45) is 4.51. The number of ketones is 1. The summed E-state index contributed by atoms with van der Waals surface area (Å²) >= 11 is 0. The SMILES string of the molecule is C=C=C[C@@H]1[C@H](C(=O)CCCC)[C@@H]2O[C@H]1c1ccccc12. The number of Topliss-reactive ketones (excluding diaryl/α,β-unsaturated/α-hetero) is 1. The van der Waals surface area contributed by atoms with Gasteiger partial charge in [-0.1, -0.05) is 44.2 Å². The van der Waals surface area contributed by atoms with Crippen molar-refractivity contribution in [1.29, 1.82) is 0 Å². The van der Waals surface area contributed by atoms with Crippen LogP contribution in [0.5, 0.6) is 0 Å². The molecule has 0 N–H and O–H groups in total. The van der Waals surface area contributed by atoms with E-state index in [9.17, 15) is 4.79 Å². The van der Waals surface area contributed by atoms with Crippen LogP contribution in [0.15, 0.2) is 42.7 Å². The van der Waals surface area contributed by atoms with Crippen LogP contribution in [0, 0.1) is 11.8 Å². The van der Waals surface area contributed by atoms with Gasteiger partial charge in [0.1, 0.15) is 5.78 Å². The average Bonchev–Trinajstić information content (AvgIpc) is 3.02. The summed E-state index contributed by atoms with van der Waals surface area (Å²) in [5.41, 5.74) is 5.28. The van der Waals surface area contributed by atoms with Crippen molar-refractivity contribution in [3.63, 3.8) is 0 Å². The lowest BCUT2D eigenvalue weighted by atomic mass is 9.73. The molecule has 0 saturated carbocycles. The summed E-state index contributed by atoms with van der Waals surface area (Å²) in [5, 5.41) is 0. The molecule has 0 spiro atoms. The quantitative estimate of drug-likeness (QED) is 0.750. The fourth-order valence-electron chi connectivity index (χ4n) is 3.53. The first-order valence-corrected chi connectivity index (χ1v) is 7.41. The highest BCUT2D eigenvalue weighted by atomic mass is 16.5. The van der Waals surface area contributed by atoms with Crippen molar-refractivity contribution < 1.29 is 9.53 Å². The number of carbonyl (C=O) groups excluding carboxylic acids is 1. The molecule has 1 aromatic rings. The van der Waals surface area contributed by atoms with Crippen LogP contribution in [-0.4, -0.2) is 5.78 Å². The first-order valence-electron chi connectivity index (χ1n) is 7.41. The van der Waals surface area contributed by atoms with Gasteiger partial charge in [-0.3, -0.25) is 4.79 Å². The van der Waals surface area contributed by atoms with Crippen LogP contribution in [0.25, 0.3) is 0 Å². The zero-order valence-corrected chi connectivity index (χ0v) is 11.8. The molecule has 0 amide bonds. The molecule has 20 heavy (non-hydrogen) atoms. The van der Waals surface area contributed by atoms with Gasteiger partial charge in [0, 0.05) is 12.3 Å². The predicted molar refractivity (Wildman–Crippen MR) is 78.2 cm³/mol. The molecule has 2 bridgehead atoms. The topological polar surface area (TPSA) is 26.3 Å². The van der Waals surface area contributed by atoms with E-state index in [0.717, 1.165) is 12.8 Å². The summed E-state index contributed by atoms with van der Waals surface area (Å²) in [4.78, 5) is 12.5. The van der Waals surface area contributed by atoms with Crippen molar-refractivity contribution in [2.24, 2.45) is 11.8 Å². The Balaban J connectivity index is 1.94. The molecule has 1 saturated heterocycles. The highest BCUT2D eigenvalue weighted by Crippen LogP contribution is 2.58. The van der Waals surface area contributed by atoms with Crippen LogP contribution in [-0.2, 0) is 9.53 Å². The highest BCUT2D eigenvalue weighted by molar-refractivity contribution is 5.83. The molecule has 0 aliphatic carbocycles. The maximum Gasteiger partial charge on any atom is 0.139 e. The minimum atomic E-state index is -0.0739. The van der Waals surface area contributed by atoms with Crippen molar-refractivity contribution in [1.82, 2.24) is 0 Å². The van der Waals surface area contributed by atoms with Gasteiger partial charge < -0.3 is 4.74 Å². The number of ether oxygens (including phenoxy) is 1. The lowest BCUT2D eigenvalue weighted by Crippen LogP contribution is -2.27. The Labute approximate surface area is 120 Å². The Kier molecular flexibility index (Phi) is 3.60. The van der Waals surface area contributed by atoms with E-state index >= 15 is 0 Å². The van der Waals surface area contributed by atoms with Crippen LogP contribution in [0.2, 0.25) is 0 Å². The van der Waals surface area contributed by atoms with Gasteiger partial charge in [-0.25, -0.2) is 0 Å². The molecular formula is C18H20O2. The minimum Gasteiger partial charge on any atom is -0.364 e. The predicted octanol–water partition coefficient (Wildman–Crippen LogP) is 4.15. The van der Waals surface area contributed by atoms with Crippen LogP contribution in [0.4, 0.5) is 0 Å². The van der Waals surface area contributed by atoms with Crippen molar-refractivity contribution in [3.8, 4) is 0 Å². The van der Waals surface area contributed by atoms with E-state index in [1.807, 2.05) is 18.2 Å². The van der Waals surface area contributed by atoms with Crippen LogP contribution in [0.1, 0.15) is 49.5 Å². The Morgan fingerprint density at radius 1 is 1.35 bits per heavy atom. The largest absolute Gasteiger partial charge is 0.364 e. The summed E-state index contributed by atoms with van der Waals surface area (Å²) in [7, 11) is 0. The van der Waals surface area contributed by atoms with Gasteiger partial charge in [0.25, 0.3) is 0 Å². The molecule has 0 unspecified atom stereocenters. The van der Waals surface area contributed by atoms with Gasteiger partial charge >= 0.3 is 0 Å². The third kappa shape index (κ3) is 1.96. The number of benzene rings is 1. The molecule has 1 fully saturated rings. The molecule has 2 nitrogen and oxygen atoms in total. The van der Waals surface area contributed by atoms with Crippen molar-refractivity contribution in [2.45, 2.75) is 38.4 Å². The van der Waals surface area contributed by atoms with Crippen molar-refractivity contribution in [2.75, 3.05) is 0 Å². The maximum absolute atomic E-state index is 12.5. The Morgan fingerprint density at radius 3 is 2.70 bits per heavy atom. The van der Waals surface area contributed by atoms with E-state index in [1.54, 1.807) is 0 Å². The molecule has 2 heterocycles. The monoisotopic (exact) mass is 268 g/mol. The Hall–Kier alpha value is -1.63. The van der Waals surface area contributed by atoms with E-state index in [-0.39, 0.29) is 24.0 Å². The van der Waals surface area contributed by atoms with E-state index < -0.39 is 0 Å². The van der Waals surface area contributed by atoms with Crippen LogP contribution >= 0.6 is 0 Å². The molecule has 0 radical (unpaired) electrons. The van der Waals surface area contributed by atoms with Gasteiger partial charge in [0.15, 0.2) is 0 Å². The second kappa shape index (κ2) is 5.40. The third-order valence-corrected chi connectivity index (χ3v) is 4.45. The van der Waals surface area contributed by atoms with Gasteiger partial charge in [0.05, 0.1) is 18.1 Å². The number of hydrogen-bond donors (Lipinski definition) is 0.